The fourth-order valence-corrected chi connectivity index (χ4v) is 3.70. The van der Waals surface area contributed by atoms with Crippen molar-refractivity contribution < 1.29 is 0 Å². The van der Waals surface area contributed by atoms with Gasteiger partial charge in [-0.15, -0.1) is 0 Å². The van der Waals surface area contributed by atoms with Crippen LogP contribution in [-0.2, 0) is 13.0 Å². The van der Waals surface area contributed by atoms with Crippen molar-refractivity contribution in [2.24, 2.45) is 5.92 Å². The van der Waals surface area contributed by atoms with Crippen LogP contribution in [-0.4, -0.2) is 17.5 Å². The molecule has 1 nitrogen and oxygen atoms in total. The predicted molar refractivity (Wildman–Crippen MR) is 72.0 cm³/mol. The maximum atomic E-state index is 2.75. The van der Waals surface area contributed by atoms with Crippen molar-refractivity contribution in [2.75, 3.05) is 6.54 Å². The number of fused-ring (bicyclic) bond motifs is 2. The first-order valence-electron chi connectivity index (χ1n) is 7.19. The summed E-state index contributed by atoms with van der Waals surface area (Å²) in [5.41, 5.74) is 3.18. The van der Waals surface area contributed by atoms with Crippen LogP contribution in [0.2, 0.25) is 0 Å². The molecule has 1 fully saturated rings. The van der Waals surface area contributed by atoms with Crippen LogP contribution < -0.4 is 0 Å². The monoisotopic (exact) mass is 229 g/mol. The summed E-state index contributed by atoms with van der Waals surface area (Å²) in [6, 6.07) is 9.86. The van der Waals surface area contributed by atoms with Gasteiger partial charge >= 0.3 is 0 Å². The zero-order valence-corrected chi connectivity index (χ0v) is 10.9. The Hall–Kier alpha value is -0.820. The molecule has 0 N–H and O–H groups in total. The largest absolute Gasteiger partial charge is 0.296 e. The Morgan fingerprint density at radius 2 is 2.00 bits per heavy atom. The highest BCUT2D eigenvalue weighted by molar-refractivity contribution is 5.30. The third-order valence-corrected chi connectivity index (χ3v) is 4.73. The lowest BCUT2D eigenvalue weighted by molar-refractivity contribution is 0.130. The Labute approximate surface area is 105 Å². The Morgan fingerprint density at radius 1 is 1.18 bits per heavy atom. The molecule has 1 aromatic rings. The third-order valence-electron chi connectivity index (χ3n) is 4.73. The highest BCUT2D eigenvalue weighted by atomic mass is 15.2. The van der Waals surface area contributed by atoms with Gasteiger partial charge in [-0.3, -0.25) is 4.90 Å². The molecule has 17 heavy (non-hydrogen) atoms. The van der Waals surface area contributed by atoms with Gasteiger partial charge in [0.05, 0.1) is 0 Å². The van der Waals surface area contributed by atoms with Crippen molar-refractivity contribution in [3.63, 3.8) is 0 Å². The first-order valence-corrected chi connectivity index (χ1v) is 7.19. The molecule has 0 aliphatic carbocycles. The molecule has 3 rings (SSSR count). The molecule has 0 amide bonds. The fraction of sp³-hybridized carbons (Fsp3) is 0.625. The van der Waals surface area contributed by atoms with E-state index in [0.29, 0.717) is 0 Å². The minimum atomic E-state index is 0.817. The van der Waals surface area contributed by atoms with E-state index in [1.54, 1.807) is 11.1 Å². The van der Waals surface area contributed by atoms with E-state index >= 15 is 0 Å². The van der Waals surface area contributed by atoms with Gasteiger partial charge in [0.2, 0.25) is 0 Å². The van der Waals surface area contributed by atoms with Gasteiger partial charge in [0.1, 0.15) is 0 Å². The molecule has 0 spiro atoms. The van der Waals surface area contributed by atoms with Crippen LogP contribution in [0, 0.1) is 5.92 Å². The van der Waals surface area contributed by atoms with Gasteiger partial charge in [0.15, 0.2) is 0 Å². The van der Waals surface area contributed by atoms with Crippen LogP contribution in [0.3, 0.4) is 0 Å². The van der Waals surface area contributed by atoms with Gasteiger partial charge < -0.3 is 0 Å². The topological polar surface area (TPSA) is 3.24 Å². The summed E-state index contributed by atoms with van der Waals surface area (Å²) in [7, 11) is 0. The molecule has 2 unspecified atom stereocenters. The van der Waals surface area contributed by atoms with Crippen molar-refractivity contribution in [1.82, 2.24) is 4.90 Å². The molecule has 0 bridgehead atoms. The highest BCUT2D eigenvalue weighted by Gasteiger charge is 2.32. The SMILES string of the molecule is CCC1CCCCN2Cc3ccccc3CC12. The second-order valence-electron chi connectivity index (χ2n) is 5.67. The van der Waals surface area contributed by atoms with Gasteiger partial charge in [0.25, 0.3) is 0 Å². The van der Waals surface area contributed by atoms with Crippen molar-refractivity contribution in [3.05, 3.63) is 35.4 Å². The lowest BCUT2D eigenvalue weighted by atomic mass is 9.84. The highest BCUT2D eigenvalue weighted by Crippen LogP contribution is 2.33. The number of hydrogen-bond acceptors (Lipinski definition) is 1. The van der Waals surface area contributed by atoms with Gasteiger partial charge in [0, 0.05) is 12.6 Å². The molecular weight excluding hydrogens is 206 g/mol. The van der Waals surface area contributed by atoms with E-state index in [2.05, 4.69) is 36.1 Å². The zero-order chi connectivity index (χ0) is 11.7. The van der Waals surface area contributed by atoms with Crippen molar-refractivity contribution in [2.45, 2.75) is 51.6 Å². The Bertz CT molecular complexity index is 385. The number of hydrogen-bond donors (Lipinski definition) is 0. The molecule has 2 heterocycles. The summed E-state index contributed by atoms with van der Waals surface area (Å²) >= 11 is 0. The van der Waals surface area contributed by atoms with E-state index < -0.39 is 0 Å². The molecule has 1 saturated heterocycles. The van der Waals surface area contributed by atoms with E-state index in [4.69, 9.17) is 0 Å². The van der Waals surface area contributed by atoms with Crippen molar-refractivity contribution >= 4 is 0 Å². The van der Waals surface area contributed by atoms with Crippen molar-refractivity contribution in [1.29, 1.82) is 0 Å². The van der Waals surface area contributed by atoms with Crippen LogP contribution in [0.15, 0.2) is 24.3 Å². The first-order chi connectivity index (χ1) is 8.38. The molecule has 92 valence electrons. The summed E-state index contributed by atoms with van der Waals surface area (Å²) in [5.74, 6) is 0.922. The Balaban J connectivity index is 1.89. The quantitative estimate of drug-likeness (QED) is 0.711. The molecule has 2 atom stereocenters. The molecule has 1 aromatic carbocycles. The lowest BCUT2D eigenvalue weighted by Gasteiger charge is -2.39. The molecular formula is C16H23N. The average Bonchev–Trinajstić information content (AvgIpc) is 2.57. The second kappa shape index (κ2) is 4.81. The summed E-state index contributed by atoms with van der Waals surface area (Å²) in [6.45, 7) is 4.88. The van der Waals surface area contributed by atoms with Gasteiger partial charge in [-0.05, 0) is 42.9 Å². The second-order valence-corrected chi connectivity index (χ2v) is 5.67. The summed E-state index contributed by atoms with van der Waals surface area (Å²) < 4.78 is 0. The summed E-state index contributed by atoms with van der Waals surface area (Å²) in [5, 5.41) is 0. The Morgan fingerprint density at radius 3 is 2.82 bits per heavy atom. The molecule has 2 aliphatic heterocycles. The van der Waals surface area contributed by atoms with Gasteiger partial charge in [-0.2, -0.15) is 0 Å². The van der Waals surface area contributed by atoms with Gasteiger partial charge in [-0.25, -0.2) is 0 Å². The number of rotatable bonds is 1. The van der Waals surface area contributed by atoms with Crippen molar-refractivity contribution in [3.8, 4) is 0 Å². The first kappa shape index (κ1) is 11.3. The van der Waals surface area contributed by atoms with Crippen LogP contribution in [0.1, 0.15) is 43.7 Å². The summed E-state index contributed by atoms with van der Waals surface area (Å²) in [4.78, 5) is 2.75. The van der Waals surface area contributed by atoms with Crippen LogP contribution in [0.4, 0.5) is 0 Å². The minimum absolute atomic E-state index is 0.817. The van der Waals surface area contributed by atoms with Crippen LogP contribution in [0.5, 0.6) is 0 Å². The predicted octanol–water partition coefficient (Wildman–Crippen LogP) is 3.62. The summed E-state index contributed by atoms with van der Waals surface area (Å²) in [6.07, 6.45) is 6.91. The number of nitrogens with zero attached hydrogens (tertiary/aromatic N) is 1. The van der Waals surface area contributed by atoms with Gasteiger partial charge in [-0.1, -0.05) is 44.0 Å². The van der Waals surface area contributed by atoms with E-state index in [1.165, 1.54) is 45.2 Å². The lowest BCUT2D eigenvalue weighted by Crippen LogP contribution is -2.43. The molecule has 2 aliphatic rings. The Kier molecular flexibility index (Phi) is 3.19. The molecule has 1 heteroatoms. The fourth-order valence-electron chi connectivity index (χ4n) is 3.70. The molecule has 0 radical (unpaired) electrons. The zero-order valence-electron chi connectivity index (χ0n) is 10.9. The average molecular weight is 229 g/mol. The van der Waals surface area contributed by atoms with E-state index in [1.807, 2.05) is 0 Å². The number of benzene rings is 1. The normalized spacial score (nSPS) is 29.2. The molecule has 0 aromatic heterocycles. The molecule has 0 saturated carbocycles. The third kappa shape index (κ3) is 2.13. The van der Waals surface area contributed by atoms with E-state index in [-0.39, 0.29) is 0 Å². The minimum Gasteiger partial charge on any atom is -0.296 e. The van der Waals surface area contributed by atoms with Crippen LogP contribution in [0.25, 0.3) is 0 Å². The van der Waals surface area contributed by atoms with Crippen LogP contribution >= 0.6 is 0 Å². The smallest absolute Gasteiger partial charge is 0.0239 e. The van der Waals surface area contributed by atoms with E-state index in [9.17, 15) is 0 Å². The standard InChI is InChI=1S/C16H23N/c1-2-13-7-5-6-10-17-12-15-9-4-3-8-14(15)11-16(13)17/h3-4,8-9,13,16H,2,5-7,10-12H2,1H3. The van der Waals surface area contributed by atoms with E-state index in [0.717, 1.165) is 12.0 Å². The maximum absolute atomic E-state index is 2.75. The maximum Gasteiger partial charge on any atom is 0.0239 e.